The summed E-state index contributed by atoms with van der Waals surface area (Å²) in [6.07, 6.45) is 0. The molecule has 0 radical (unpaired) electrons. The van der Waals surface area contributed by atoms with Gasteiger partial charge in [0.15, 0.2) is 5.78 Å². The number of nitrogens with one attached hydrogen (secondary N) is 2. The van der Waals surface area contributed by atoms with Crippen LogP contribution in [0.25, 0.3) is 0 Å². The molecule has 2 rings (SSSR count). The Balaban J connectivity index is 2.13. The highest BCUT2D eigenvalue weighted by Gasteiger charge is 2.25. The fourth-order valence-corrected chi connectivity index (χ4v) is 2.92. The molecule has 0 aliphatic carbocycles. The molecule has 0 saturated carbocycles. The predicted molar refractivity (Wildman–Crippen MR) is 116 cm³/mol. The van der Waals surface area contributed by atoms with E-state index in [0.717, 1.165) is 5.56 Å². The van der Waals surface area contributed by atoms with Crippen molar-refractivity contribution in [3.63, 3.8) is 0 Å². The van der Waals surface area contributed by atoms with Crippen LogP contribution in [0.4, 0.5) is 5.69 Å². The van der Waals surface area contributed by atoms with Crippen LogP contribution in [0.2, 0.25) is 0 Å². The van der Waals surface area contributed by atoms with Crippen molar-refractivity contribution in [3.05, 3.63) is 65.2 Å². The molecular weight excluding hydrogens is 364 g/mol. The second-order valence-corrected chi connectivity index (χ2v) is 8.65. The molecule has 0 aliphatic heterocycles. The van der Waals surface area contributed by atoms with E-state index in [2.05, 4.69) is 31.4 Å². The van der Waals surface area contributed by atoms with Crippen molar-refractivity contribution in [2.75, 3.05) is 5.32 Å². The second kappa shape index (κ2) is 9.03. The third-order valence-electron chi connectivity index (χ3n) is 4.79. The van der Waals surface area contributed by atoms with Gasteiger partial charge in [0.1, 0.15) is 6.04 Å². The first-order valence-electron chi connectivity index (χ1n) is 9.82. The Labute approximate surface area is 172 Å². The molecule has 0 bridgehead atoms. The summed E-state index contributed by atoms with van der Waals surface area (Å²) in [7, 11) is 0. The average molecular weight is 395 g/mol. The molecular formula is C24H30N2O3. The Kier molecular flexibility index (Phi) is 6.96. The van der Waals surface area contributed by atoms with Gasteiger partial charge in [-0.25, -0.2) is 0 Å². The van der Waals surface area contributed by atoms with Gasteiger partial charge in [0.05, 0.1) is 0 Å². The summed E-state index contributed by atoms with van der Waals surface area (Å²) >= 11 is 0. The van der Waals surface area contributed by atoms with Gasteiger partial charge in [-0.3, -0.25) is 14.4 Å². The first-order valence-corrected chi connectivity index (χ1v) is 9.82. The zero-order valence-corrected chi connectivity index (χ0v) is 18.0. The highest BCUT2D eigenvalue weighted by molar-refractivity contribution is 6.02. The highest BCUT2D eigenvalue weighted by atomic mass is 16.2. The molecule has 0 saturated heterocycles. The van der Waals surface area contributed by atoms with E-state index in [-0.39, 0.29) is 28.9 Å². The van der Waals surface area contributed by atoms with E-state index < -0.39 is 6.04 Å². The summed E-state index contributed by atoms with van der Waals surface area (Å²) in [6, 6.07) is 13.5. The van der Waals surface area contributed by atoms with Crippen molar-refractivity contribution in [2.24, 2.45) is 5.92 Å². The Hall–Kier alpha value is -2.95. The van der Waals surface area contributed by atoms with Crippen molar-refractivity contribution in [1.82, 2.24) is 5.32 Å². The first kappa shape index (κ1) is 22.3. The summed E-state index contributed by atoms with van der Waals surface area (Å²) < 4.78 is 0. The van der Waals surface area contributed by atoms with Gasteiger partial charge in [-0.05, 0) is 48.1 Å². The Morgan fingerprint density at radius 3 is 2.03 bits per heavy atom. The maximum Gasteiger partial charge on any atom is 0.251 e. The molecule has 0 aliphatic rings. The largest absolute Gasteiger partial charge is 0.340 e. The van der Waals surface area contributed by atoms with Gasteiger partial charge in [-0.1, -0.05) is 58.9 Å². The summed E-state index contributed by atoms with van der Waals surface area (Å²) in [6.45, 7) is 11.6. The molecule has 2 amide bonds. The van der Waals surface area contributed by atoms with Gasteiger partial charge < -0.3 is 10.6 Å². The van der Waals surface area contributed by atoms with E-state index >= 15 is 0 Å². The first-order chi connectivity index (χ1) is 13.5. The SMILES string of the molecule is CC(=O)c1cccc(NC(=O)[C@@H](NC(=O)c2ccc(C(C)(C)C)cc2)C(C)C)c1. The number of hydrogen-bond donors (Lipinski definition) is 2. The molecule has 2 N–H and O–H groups in total. The minimum absolute atomic E-state index is 0.00374. The molecule has 29 heavy (non-hydrogen) atoms. The van der Waals surface area contributed by atoms with E-state index in [1.807, 2.05) is 26.0 Å². The summed E-state index contributed by atoms with van der Waals surface area (Å²) in [4.78, 5) is 37.0. The van der Waals surface area contributed by atoms with Crippen molar-refractivity contribution in [2.45, 2.75) is 53.0 Å². The minimum Gasteiger partial charge on any atom is -0.340 e. The van der Waals surface area contributed by atoms with Gasteiger partial charge >= 0.3 is 0 Å². The molecule has 1 atom stereocenters. The van der Waals surface area contributed by atoms with Crippen LogP contribution in [0.1, 0.15) is 67.8 Å². The third kappa shape index (κ3) is 6.01. The lowest BCUT2D eigenvalue weighted by molar-refractivity contribution is -0.118. The Morgan fingerprint density at radius 2 is 1.52 bits per heavy atom. The quantitative estimate of drug-likeness (QED) is 0.704. The van der Waals surface area contributed by atoms with Gasteiger partial charge in [0.25, 0.3) is 5.91 Å². The molecule has 5 nitrogen and oxygen atoms in total. The lowest BCUT2D eigenvalue weighted by Crippen LogP contribution is -2.47. The number of anilines is 1. The maximum atomic E-state index is 12.8. The fraction of sp³-hybridized carbons (Fsp3) is 0.375. The van der Waals surface area contributed by atoms with Crippen molar-refractivity contribution in [1.29, 1.82) is 0 Å². The molecule has 0 aromatic heterocycles. The maximum absolute atomic E-state index is 12.8. The summed E-state index contributed by atoms with van der Waals surface area (Å²) in [5.74, 6) is -0.797. The summed E-state index contributed by atoms with van der Waals surface area (Å²) in [5.41, 5.74) is 2.70. The van der Waals surface area contributed by atoms with Gasteiger partial charge in [-0.2, -0.15) is 0 Å². The van der Waals surface area contributed by atoms with Crippen LogP contribution in [-0.2, 0) is 10.2 Å². The van der Waals surface area contributed by atoms with Crippen LogP contribution in [0.15, 0.2) is 48.5 Å². The lowest BCUT2D eigenvalue weighted by atomic mass is 9.86. The van der Waals surface area contributed by atoms with Crippen molar-refractivity contribution < 1.29 is 14.4 Å². The number of benzene rings is 2. The summed E-state index contributed by atoms with van der Waals surface area (Å²) in [5, 5.41) is 5.63. The van der Waals surface area contributed by atoms with Crippen LogP contribution in [0.3, 0.4) is 0 Å². The number of ketones is 1. The van der Waals surface area contributed by atoms with Crippen molar-refractivity contribution in [3.8, 4) is 0 Å². The van der Waals surface area contributed by atoms with Gasteiger partial charge in [-0.15, -0.1) is 0 Å². The normalized spacial score (nSPS) is 12.4. The van der Waals surface area contributed by atoms with E-state index in [9.17, 15) is 14.4 Å². The minimum atomic E-state index is -0.703. The average Bonchev–Trinajstić information content (AvgIpc) is 2.65. The molecule has 154 valence electrons. The Bertz CT molecular complexity index is 893. The monoisotopic (exact) mass is 394 g/mol. The predicted octanol–water partition coefficient (Wildman–Crippen LogP) is 4.58. The second-order valence-electron chi connectivity index (χ2n) is 8.65. The molecule has 0 fully saturated rings. The number of rotatable bonds is 6. The Morgan fingerprint density at radius 1 is 0.897 bits per heavy atom. The molecule has 0 heterocycles. The zero-order chi connectivity index (χ0) is 21.8. The van der Waals surface area contributed by atoms with Crippen LogP contribution in [0, 0.1) is 5.92 Å². The van der Waals surface area contributed by atoms with Crippen LogP contribution in [0.5, 0.6) is 0 Å². The van der Waals surface area contributed by atoms with Crippen LogP contribution >= 0.6 is 0 Å². The number of hydrogen-bond acceptors (Lipinski definition) is 3. The van der Waals surface area contributed by atoms with E-state index in [0.29, 0.717) is 16.8 Å². The molecule has 2 aromatic rings. The van der Waals surface area contributed by atoms with Gasteiger partial charge in [0.2, 0.25) is 5.91 Å². The standard InChI is InChI=1S/C24H30N2O3/c1-15(2)21(23(29)25-20-9-7-8-18(14-20)16(3)27)26-22(28)17-10-12-19(13-11-17)24(4,5)6/h7-15,21H,1-6H3,(H,25,29)(H,26,28)/t21-/m0/s1. The van der Waals surface area contributed by atoms with Crippen LogP contribution < -0.4 is 10.6 Å². The lowest BCUT2D eigenvalue weighted by Gasteiger charge is -2.22. The number of Topliss-reactive ketones (excluding diaryl/α,β-unsaturated/α-hetero) is 1. The topological polar surface area (TPSA) is 75.3 Å². The number of amides is 2. The zero-order valence-electron chi connectivity index (χ0n) is 18.0. The molecule has 0 spiro atoms. The number of carbonyl (C=O) groups is 3. The van der Waals surface area contributed by atoms with Crippen LogP contribution in [-0.4, -0.2) is 23.6 Å². The van der Waals surface area contributed by atoms with Gasteiger partial charge in [0, 0.05) is 16.8 Å². The van der Waals surface area contributed by atoms with E-state index in [1.54, 1.807) is 36.4 Å². The molecule has 0 unspecified atom stereocenters. The number of carbonyl (C=O) groups excluding carboxylic acids is 3. The van der Waals surface area contributed by atoms with Crippen molar-refractivity contribution >= 4 is 23.3 Å². The van der Waals surface area contributed by atoms with E-state index in [4.69, 9.17) is 0 Å². The smallest absolute Gasteiger partial charge is 0.251 e. The molecule has 2 aromatic carbocycles. The fourth-order valence-electron chi connectivity index (χ4n) is 2.92. The van der Waals surface area contributed by atoms with E-state index in [1.165, 1.54) is 6.92 Å². The highest BCUT2D eigenvalue weighted by Crippen LogP contribution is 2.22. The molecule has 5 heteroatoms. The third-order valence-corrected chi connectivity index (χ3v) is 4.79.